The number of pyridine rings is 1. The number of nitrogens with two attached hydrogens (primary N) is 1. The molecule has 1 amide bonds. The summed E-state index contributed by atoms with van der Waals surface area (Å²) in [5, 5.41) is 2.65. The number of aromatic nitrogens is 1. The lowest BCUT2D eigenvalue weighted by Gasteiger charge is -2.21. The minimum absolute atomic E-state index is 0.286. The van der Waals surface area contributed by atoms with Gasteiger partial charge in [-0.3, -0.25) is 4.98 Å². The van der Waals surface area contributed by atoms with Crippen LogP contribution < -0.4 is 11.1 Å². The van der Waals surface area contributed by atoms with E-state index in [2.05, 4.69) is 10.3 Å². The molecule has 0 bridgehead atoms. The second-order valence-electron chi connectivity index (χ2n) is 5.22. The van der Waals surface area contributed by atoms with Crippen molar-refractivity contribution in [2.45, 2.75) is 39.3 Å². The number of nitrogens with one attached hydrogen (secondary N) is 1. The molecule has 0 aromatic carbocycles. The third-order valence-corrected chi connectivity index (χ3v) is 2.34. The van der Waals surface area contributed by atoms with Crippen LogP contribution in [0.2, 0.25) is 0 Å². The van der Waals surface area contributed by atoms with Crippen molar-refractivity contribution in [2.75, 3.05) is 6.54 Å². The van der Waals surface area contributed by atoms with Crippen LogP contribution in [0.4, 0.5) is 4.79 Å². The zero-order valence-electron chi connectivity index (χ0n) is 11.4. The fraction of sp³-hybridized carbons (Fsp3) is 0.538. The highest BCUT2D eigenvalue weighted by Gasteiger charge is 2.17. The molecule has 1 aromatic rings. The number of alkyl carbamates (subject to hydrolysis) is 1. The minimum atomic E-state index is -0.502. The van der Waals surface area contributed by atoms with Crippen LogP contribution in [0.1, 0.15) is 37.9 Å². The second-order valence-corrected chi connectivity index (χ2v) is 5.22. The zero-order valence-corrected chi connectivity index (χ0v) is 11.4. The van der Waals surface area contributed by atoms with E-state index in [-0.39, 0.29) is 6.04 Å². The molecule has 1 unspecified atom stereocenters. The van der Waals surface area contributed by atoms with Crippen molar-refractivity contribution in [3.05, 3.63) is 29.6 Å². The number of rotatable bonds is 3. The number of hydrogen-bond acceptors (Lipinski definition) is 4. The summed E-state index contributed by atoms with van der Waals surface area (Å²) < 4.78 is 5.13. The van der Waals surface area contributed by atoms with Gasteiger partial charge in [0.2, 0.25) is 0 Å². The van der Waals surface area contributed by atoms with Crippen LogP contribution in [-0.4, -0.2) is 23.2 Å². The summed E-state index contributed by atoms with van der Waals surface area (Å²) in [6.45, 7) is 7.74. The van der Waals surface area contributed by atoms with Crippen LogP contribution in [0.3, 0.4) is 0 Å². The molecule has 0 aliphatic carbocycles. The third-order valence-electron chi connectivity index (χ3n) is 2.34. The maximum absolute atomic E-state index is 11.5. The van der Waals surface area contributed by atoms with Gasteiger partial charge in [-0.25, -0.2) is 4.79 Å². The van der Waals surface area contributed by atoms with Crippen molar-refractivity contribution in [2.24, 2.45) is 5.73 Å². The average Bonchev–Trinajstić information content (AvgIpc) is 2.24. The maximum Gasteiger partial charge on any atom is 0.407 e. The summed E-state index contributed by atoms with van der Waals surface area (Å²) >= 11 is 0. The number of hydrogen-bond donors (Lipinski definition) is 2. The van der Waals surface area contributed by atoms with Gasteiger partial charge in [-0.2, -0.15) is 0 Å². The lowest BCUT2D eigenvalue weighted by Crippen LogP contribution is -2.36. The Morgan fingerprint density at radius 2 is 2.22 bits per heavy atom. The van der Waals surface area contributed by atoms with E-state index in [1.54, 1.807) is 12.4 Å². The number of aryl methyl sites for hydroxylation is 1. The average molecular weight is 251 g/mol. The molecule has 0 saturated heterocycles. The van der Waals surface area contributed by atoms with Gasteiger partial charge in [-0.05, 0) is 44.9 Å². The van der Waals surface area contributed by atoms with Crippen molar-refractivity contribution in [3.63, 3.8) is 0 Å². The van der Waals surface area contributed by atoms with Gasteiger partial charge in [0.15, 0.2) is 0 Å². The zero-order chi connectivity index (χ0) is 13.8. The Morgan fingerprint density at radius 1 is 1.56 bits per heavy atom. The Balaban J connectivity index is 2.49. The molecule has 0 spiro atoms. The van der Waals surface area contributed by atoms with E-state index in [0.717, 1.165) is 11.1 Å². The van der Waals surface area contributed by atoms with E-state index < -0.39 is 11.7 Å². The smallest absolute Gasteiger partial charge is 0.407 e. The van der Waals surface area contributed by atoms with Crippen LogP contribution in [0, 0.1) is 6.92 Å². The summed E-state index contributed by atoms with van der Waals surface area (Å²) in [4.78, 5) is 15.5. The van der Waals surface area contributed by atoms with Gasteiger partial charge in [0.1, 0.15) is 5.60 Å². The Morgan fingerprint density at radius 3 is 2.78 bits per heavy atom. The van der Waals surface area contributed by atoms with Crippen LogP contribution in [0.15, 0.2) is 18.5 Å². The monoisotopic (exact) mass is 251 g/mol. The Kier molecular flexibility index (Phi) is 4.67. The largest absolute Gasteiger partial charge is 0.444 e. The molecule has 1 rings (SSSR count). The van der Waals surface area contributed by atoms with E-state index in [1.807, 2.05) is 33.8 Å². The molecule has 1 atom stereocenters. The van der Waals surface area contributed by atoms with Crippen LogP contribution in [-0.2, 0) is 4.74 Å². The van der Waals surface area contributed by atoms with Crippen LogP contribution >= 0.6 is 0 Å². The third kappa shape index (κ3) is 4.71. The standard InChI is InChI=1S/C13H21N3O2/c1-9-5-6-15-7-10(9)11(14)8-16-12(17)18-13(2,3)4/h5-7,11H,8,14H2,1-4H3,(H,16,17). The van der Waals surface area contributed by atoms with E-state index in [0.29, 0.717) is 6.54 Å². The SMILES string of the molecule is Cc1ccncc1C(N)CNC(=O)OC(C)(C)C. The molecule has 0 radical (unpaired) electrons. The number of nitrogens with zero attached hydrogens (tertiary/aromatic N) is 1. The predicted octanol–water partition coefficient (Wildman–Crippen LogP) is 1.91. The second kappa shape index (κ2) is 5.82. The topological polar surface area (TPSA) is 77.2 Å². The lowest BCUT2D eigenvalue weighted by molar-refractivity contribution is 0.0524. The van der Waals surface area contributed by atoms with Gasteiger partial charge in [0, 0.05) is 25.0 Å². The molecule has 3 N–H and O–H groups in total. The fourth-order valence-corrected chi connectivity index (χ4v) is 1.48. The summed E-state index contributed by atoms with van der Waals surface area (Å²) in [5.41, 5.74) is 7.48. The number of ether oxygens (including phenoxy) is 1. The van der Waals surface area contributed by atoms with Crippen molar-refractivity contribution >= 4 is 6.09 Å². The number of amides is 1. The number of carbonyl (C=O) groups excluding carboxylic acids is 1. The highest BCUT2D eigenvalue weighted by molar-refractivity contribution is 5.67. The fourth-order valence-electron chi connectivity index (χ4n) is 1.48. The molecule has 0 fully saturated rings. The molecule has 1 aromatic heterocycles. The molecular weight excluding hydrogens is 230 g/mol. The van der Waals surface area contributed by atoms with Gasteiger partial charge >= 0.3 is 6.09 Å². The summed E-state index contributed by atoms with van der Waals surface area (Å²) in [6.07, 6.45) is 2.98. The predicted molar refractivity (Wildman–Crippen MR) is 70.1 cm³/mol. The van der Waals surface area contributed by atoms with E-state index in [1.165, 1.54) is 0 Å². The molecule has 1 heterocycles. The minimum Gasteiger partial charge on any atom is -0.444 e. The number of carbonyl (C=O) groups is 1. The lowest BCUT2D eigenvalue weighted by atomic mass is 10.1. The first-order chi connectivity index (χ1) is 8.29. The highest BCUT2D eigenvalue weighted by Crippen LogP contribution is 2.13. The normalized spacial score (nSPS) is 12.9. The van der Waals surface area contributed by atoms with E-state index in [4.69, 9.17) is 10.5 Å². The summed E-state index contributed by atoms with van der Waals surface area (Å²) in [7, 11) is 0. The molecule has 0 aliphatic rings. The van der Waals surface area contributed by atoms with Crippen molar-refractivity contribution < 1.29 is 9.53 Å². The first-order valence-electron chi connectivity index (χ1n) is 5.92. The maximum atomic E-state index is 11.5. The van der Waals surface area contributed by atoms with Gasteiger partial charge in [0.05, 0.1) is 0 Å². The molecule has 18 heavy (non-hydrogen) atoms. The Hall–Kier alpha value is -1.62. The molecule has 5 nitrogen and oxygen atoms in total. The molecule has 0 saturated carbocycles. The molecule has 100 valence electrons. The highest BCUT2D eigenvalue weighted by atomic mass is 16.6. The van der Waals surface area contributed by atoms with Gasteiger partial charge in [0.25, 0.3) is 0 Å². The molecule has 5 heteroatoms. The van der Waals surface area contributed by atoms with Gasteiger partial charge < -0.3 is 15.8 Å². The molecular formula is C13H21N3O2. The molecule has 0 aliphatic heterocycles. The van der Waals surface area contributed by atoms with E-state index in [9.17, 15) is 4.79 Å². The van der Waals surface area contributed by atoms with Crippen molar-refractivity contribution in [3.8, 4) is 0 Å². The summed E-state index contributed by atoms with van der Waals surface area (Å²) in [5.74, 6) is 0. The van der Waals surface area contributed by atoms with Crippen LogP contribution in [0.5, 0.6) is 0 Å². The summed E-state index contributed by atoms with van der Waals surface area (Å²) in [6, 6.07) is 1.61. The van der Waals surface area contributed by atoms with Crippen molar-refractivity contribution in [1.29, 1.82) is 0 Å². The van der Waals surface area contributed by atoms with E-state index >= 15 is 0 Å². The van der Waals surface area contributed by atoms with Crippen LogP contribution in [0.25, 0.3) is 0 Å². The van der Waals surface area contributed by atoms with Gasteiger partial charge in [-0.15, -0.1) is 0 Å². The van der Waals surface area contributed by atoms with Gasteiger partial charge in [-0.1, -0.05) is 0 Å². The quantitative estimate of drug-likeness (QED) is 0.860. The Labute approximate surface area is 108 Å². The van der Waals surface area contributed by atoms with Crippen molar-refractivity contribution in [1.82, 2.24) is 10.3 Å². The first kappa shape index (κ1) is 14.4. The first-order valence-corrected chi connectivity index (χ1v) is 5.92. The Bertz CT molecular complexity index is 413.